The van der Waals surface area contributed by atoms with Crippen LogP contribution in [0.2, 0.25) is 0 Å². The molecule has 0 aliphatic heterocycles. The van der Waals surface area contributed by atoms with Gasteiger partial charge in [0.15, 0.2) is 5.13 Å². The minimum absolute atomic E-state index is 0.160. The van der Waals surface area contributed by atoms with Crippen molar-refractivity contribution in [1.82, 2.24) is 19.5 Å². The number of H-pyrrole nitrogens is 1. The number of fused-ring (bicyclic) bond motifs is 1. The smallest absolute Gasteiger partial charge is 0.269 e. The van der Waals surface area contributed by atoms with Gasteiger partial charge in [0.05, 0.1) is 22.9 Å². The van der Waals surface area contributed by atoms with Crippen molar-refractivity contribution in [3.8, 4) is 11.3 Å². The number of aromatic amines is 1. The van der Waals surface area contributed by atoms with Gasteiger partial charge in [0.2, 0.25) is 5.91 Å². The summed E-state index contributed by atoms with van der Waals surface area (Å²) in [6, 6.07) is 8.69. The number of primary amides is 1. The van der Waals surface area contributed by atoms with Gasteiger partial charge in [0.1, 0.15) is 12.2 Å². The van der Waals surface area contributed by atoms with E-state index in [4.69, 9.17) is 5.73 Å². The Morgan fingerprint density at radius 2 is 2.11 bits per heavy atom. The molecule has 0 atom stereocenters. The zero-order chi connectivity index (χ0) is 19.7. The third-order valence-electron chi connectivity index (χ3n) is 4.05. The van der Waals surface area contributed by atoms with Crippen LogP contribution in [-0.4, -0.2) is 31.3 Å². The number of nitrogens with one attached hydrogen (secondary N) is 2. The summed E-state index contributed by atoms with van der Waals surface area (Å²) in [4.78, 5) is 46.9. The Kier molecular flexibility index (Phi) is 4.45. The van der Waals surface area contributed by atoms with Gasteiger partial charge < -0.3 is 16.0 Å². The summed E-state index contributed by atoms with van der Waals surface area (Å²) >= 11 is 1.24. The van der Waals surface area contributed by atoms with E-state index in [1.54, 1.807) is 35.8 Å². The third kappa shape index (κ3) is 3.40. The van der Waals surface area contributed by atoms with E-state index < -0.39 is 5.91 Å². The van der Waals surface area contributed by atoms with E-state index in [0.717, 1.165) is 0 Å². The van der Waals surface area contributed by atoms with Crippen LogP contribution in [0.1, 0.15) is 10.5 Å². The molecule has 2 amide bonds. The number of benzene rings is 1. The second kappa shape index (κ2) is 7.08. The van der Waals surface area contributed by atoms with Gasteiger partial charge in [-0.3, -0.25) is 19.0 Å². The van der Waals surface area contributed by atoms with Crippen LogP contribution >= 0.6 is 11.3 Å². The second-order valence-corrected chi connectivity index (χ2v) is 6.78. The molecule has 0 unspecified atom stereocenters. The maximum atomic E-state index is 12.4. The molecule has 0 radical (unpaired) electrons. The Labute approximate surface area is 161 Å². The van der Waals surface area contributed by atoms with Gasteiger partial charge in [0.25, 0.3) is 11.5 Å². The van der Waals surface area contributed by atoms with Crippen molar-refractivity contribution in [1.29, 1.82) is 0 Å². The average Bonchev–Trinajstić information content (AvgIpc) is 3.33. The van der Waals surface area contributed by atoms with Gasteiger partial charge in [-0.05, 0) is 18.2 Å². The second-order valence-electron chi connectivity index (χ2n) is 5.92. The number of nitrogens with two attached hydrogens (primary N) is 1. The molecule has 9 nitrogen and oxygen atoms in total. The summed E-state index contributed by atoms with van der Waals surface area (Å²) in [7, 11) is 0. The molecule has 0 saturated carbocycles. The van der Waals surface area contributed by atoms with E-state index in [1.165, 1.54) is 22.1 Å². The Morgan fingerprint density at radius 1 is 1.29 bits per heavy atom. The van der Waals surface area contributed by atoms with Gasteiger partial charge in [-0.1, -0.05) is 12.1 Å². The summed E-state index contributed by atoms with van der Waals surface area (Å²) in [5.41, 5.74) is 7.62. The summed E-state index contributed by atoms with van der Waals surface area (Å²) in [6.07, 6.45) is 2.81. The minimum Gasteiger partial charge on any atom is -0.364 e. The van der Waals surface area contributed by atoms with Crippen molar-refractivity contribution < 1.29 is 9.59 Å². The molecule has 0 aliphatic carbocycles. The Morgan fingerprint density at radius 3 is 2.89 bits per heavy atom. The zero-order valence-electron chi connectivity index (χ0n) is 14.4. The minimum atomic E-state index is -0.565. The summed E-state index contributed by atoms with van der Waals surface area (Å²) in [5, 5.41) is 4.82. The van der Waals surface area contributed by atoms with Gasteiger partial charge in [0, 0.05) is 17.1 Å². The molecule has 3 heterocycles. The number of thiazole rings is 1. The van der Waals surface area contributed by atoms with Crippen LogP contribution in [0, 0.1) is 0 Å². The van der Waals surface area contributed by atoms with Crippen molar-refractivity contribution in [2.75, 3.05) is 5.32 Å². The molecule has 1 aromatic carbocycles. The van der Waals surface area contributed by atoms with Gasteiger partial charge in [-0.25, -0.2) is 9.97 Å². The number of carbonyl (C=O) groups is 2. The molecule has 10 heteroatoms. The highest BCUT2D eigenvalue weighted by atomic mass is 32.1. The largest absolute Gasteiger partial charge is 0.364 e. The highest BCUT2D eigenvalue weighted by Crippen LogP contribution is 2.25. The molecule has 4 aromatic rings. The molecule has 0 aliphatic rings. The first kappa shape index (κ1) is 17.6. The quantitative estimate of drug-likeness (QED) is 0.472. The molecule has 3 aromatic heterocycles. The number of nitrogens with zero attached hydrogens (tertiary/aromatic N) is 3. The van der Waals surface area contributed by atoms with Crippen LogP contribution in [0.5, 0.6) is 0 Å². The van der Waals surface area contributed by atoms with E-state index in [1.807, 2.05) is 6.07 Å². The molecule has 0 fully saturated rings. The van der Waals surface area contributed by atoms with Crippen molar-refractivity contribution in [2.45, 2.75) is 6.54 Å². The monoisotopic (exact) mass is 394 g/mol. The van der Waals surface area contributed by atoms with E-state index in [2.05, 4.69) is 20.3 Å². The van der Waals surface area contributed by atoms with Crippen LogP contribution in [0.3, 0.4) is 0 Å². The van der Waals surface area contributed by atoms with Crippen LogP contribution in [0.4, 0.5) is 5.13 Å². The number of hydrogen-bond donors (Lipinski definition) is 3. The van der Waals surface area contributed by atoms with Crippen molar-refractivity contribution in [2.24, 2.45) is 5.73 Å². The van der Waals surface area contributed by atoms with E-state index >= 15 is 0 Å². The number of para-hydroxylation sites is 2. The Hall–Kier alpha value is -3.79. The fourth-order valence-electron chi connectivity index (χ4n) is 2.73. The number of carbonyl (C=O) groups excluding carboxylic acids is 2. The van der Waals surface area contributed by atoms with Crippen LogP contribution in [0.25, 0.3) is 22.3 Å². The SMILES string of the molecule is NC(=O)c1cc(-c2csc(NC(=O)Cn3c(=O)cnc4ccccc43)n2)c[nH]1. The number of rotatable bonds is 5. The first-order chi connectivity index (χ1) is 13.5. The topological polar surface area (TPSA) is 136 Å². The predicted octanol–water partition coefficient (Wildman–Crippen LogP) is 1.59. The van der Waals surface area contributed by atoms with Crippen LogP contribution in [-0.2, 0) is 11.3 Å². The summed E-state index contributed by atoms with van der Waals surface area (Å²) in [6.45, 7) is -0.160. The lowest BCUT2D eigenvalue weighted by Gasteiger charge is -2.08. The Balaban J connectivity index is 1.52. The molecule has 140 valence electrons. The highest BCUT2D eigenvalue weighted by Gasteiger charge is 2.13. The summed E-state index contributed by atoms with van der Waals surface area (Å²) < 4.78 is 1.36. The zero-order valence-corrected chi connectivity index (χ0v) is 15.2. The van der Waals surface area contributed by atoms with E-state index in [0.29, 0.717) is 27.4 Å². The number of anilines is 1. The third-order valence-corrected chi connectivity index (χ3v) is 4.81. The average molecular weight is 394 g/mol. The summed E-state index contributed by atoms with van der Waals surface area (Å²) in [5.74, 6) is -0.948. The number of amides is 2. The molecule has 0 bridgehead atoms. The number of hydrogen-bond acceptors (Lipinski definition) is 6. The van der Waals surface area contributed by atoms with Crippen molar-refractivity contribution in [3.63, 3.8) is 0 Å². The van der Waals surface area contributed by atoms with Gasteiger partial charge >= 0.3 is 0 Å². The molecule has 0 spiro atoms. The van der Waals surface area contributed by atoms with E-state index in [-0.39, 0.29) is 23.7 Å². The van der Waals surface area contributed by atoms with E-state index in [9.17, 15) is 14.4 Å². The van der Waals surface area contributed by atoms with Gasteiger partial charge in [-0.15, -0.1) is 11.3 Å². The van der Waals surface area contributed by atoms with Crippen molar-refractivity contribution in [3.05, 3.63) is 64.2 Å². The molecular formula is C18H14N6O3S. The normalized spacial score (nSPS) is 10.9. The Bertz CT molecular complexity index is 1260. The van der Waals surface area contributed by atoms with Crippen LogP contribution < -0.4 is 16.6 Å². The molecule has 4 N–H and O–H groups in total. The van der Waals surface area contributed by atoms with Crippen LogP contribution in [0.15, 0.2) is 52.9 Å². The molecule has 4 rings (SSSR count). The lowest BCUT2D eigenvalue weighted by atomic mass is 10.2. The maximum absolute atomic E-state index is 12.4. The molecule has 28 heavy (non-hydrogen) atoms. The predicted molar refractivity (Wildman–Crippen MR) is 105 cm³/mol. The first-order valence-electron chi connectivity index (χ1n) is 8.20. The number of aromatic nitrogens is 4. The molecule has 0 saturated heterocycles. The fourth-order valence-corrected chi connectivity index (χ4v) is 3.46. The standard InChI is InChI=1S/C18H14N6O3S/c19-17(27)12-5-10(6-20-12)13-9-28-18(22-13)23-15(25)8-24-14-4-2-1-3-11(14)21-7-16(24)26/h1-7,9,20H,8H2,(H2,19,27)(H,22,23,25). The lowest BCUT2D eigenvalue weighted by Crippen LogP contribution is -2.27. The maximum Gasteiger partial charge on any atom is 0.269 e. The molecular weight excluding hydrogens is 380 g/mol. The van der Waals surface area contributed by atoms with Crippen molar-refractivity contribution >= 4 is 39.3 Å². The fraction of sp³-hybridized carbons (Fsp3) is 0.0556. The van der Waals surface area contributed by atoms with Gasteiger partial charge in [-0.2, -0.15) is 0 Å². The first-order valence-corrected chi connectivity index (χ1v) is 9.08. The highest BCUT2D eigenvalue weighted by molar-refractivity contribution is 7.14. The lowest BCUT2D eigenvalue weighted by molar-refractivity contribution is -0.116.